The maximum absolute atomic E-state index is 11.9. The first-order chi connectivity index (χ1) is 16.1. The quantitative estimate of drug-likeness (QED) is 0.218. The third-order valence-electron chi connectivity index (χ3n) is 6.78. The van der Waals surface area contributed by atoms with Gasteiger partial charge in [-0.05, 0) is 74.2 Å². The zero-order valence-electron chi connectivity index (χ0n) is 18.5. The third kappa shape index (κ3) is 3.34. The van der Waals surface area contributed by atoms with Gasteiger partial charge in [0.15, 0.2) is 5.78 Å². The van der Waals surface area contributed by atoms with Crippen molar-refractivity contribution in [1.29, 1.82) is 0 Å². The van der Waals surface area contributed by atoms with Crippen molar-refractivity contribution in [3.05, 3.63) is 108 Å². The number of fused-ring (bicyclic) bond motifs is 7. The highest BCUT2D eigenvalue weighted by molar-refractivity contribution is 7.28. The smallest absolute Gasteiger partial charge is 0.159 e. The van der Waals surface area contributed by atoms with E-state index < -0.39 is 0 Å². The lowest BCUT2D eigenvalue weighted by Gasteiger charge is -2.26. The molecule has 3 heteroatoms. The summed E-state index contributed by atoms with van der Waals surface area (Å²) in [6, 6.07) is 32.5. The predicted octanol–water partition coefficient (Wildman–Crippen LogP) is 6.88. The standard InChI is InChI=1S/C30H24NOP/c1-19(32)22-14-15-27(28(33)16-22)31-17-23-12-10-20-6-2-4-8-25(20)29(23)30-24(18-31)13-11-21-7-3-5-9-26(21)30/h2-16H,17-18,33H2,1H3. The fraction of sp³-hybridized carbons (Fsp3) is 0.100. The molecule has 1 aliphatic rings. The molecule has 0 bridgehead atoms. The number of hydrogen-bond acceptors (Lipinski definition) is 2. The number of hydrogen-bond donors (Lipinski definition) is 0. The van der Waals surface area contributed by atoms with Crippen LogP contribution in [0, 0.1) is 0 Å². The van der Waals surface area contributed by atoms with Crippen LogP contribution >= 0.6 is 9.24 Å². The molecule has 6 rings (SSSR count). The highest BCUT2D eigenvalue weighted by Gasteiger charge is 2.24. The molecule has 2 nitrogen and oxygen atoms in total. The van der Waals surface area contributed by atoms with Crippen molar-refractivity contribution in [3.63, 3.8) is 0 Å². The van der Waals surface area contributed by atoms with Gasteiger partial charge in [0.05, 0.1) is 0 Å². The fourth-order valence-corrected chi connectivity index (χ4v) is 5.64. The summed E-state index contributed by atoms with van der Waals surface area (Å²) in [6.07, 6.45) is 0. The Morgan fingerprint density at radius 2 is 1.27 bits per heavy atom. The summed E-state index contributed by atoms with van der Waals surface area (Å²) in [5.41, 5.74) is 7.22. The molecule has 0 aromatic heterocycles. The summed E-state index contributed by atoms with van der Waals surface area (Å²) >= 11 is 0. The Hall–Kier alpha value is -3.48. The molecule has 0 aliphatic carbocycles. The van der Waals surface area contributed by atoms with E-state index in [-0.39, 0.29) is 5.78 Å². The summed E-state index contributed by atoms with van der Waals surface area (Å²) in [7, 11) is 2.83. The molecule has 160 valence electrons. The van der Waals surface area contributed by atoms with Crippen LogP contribution < -0.4 is 10.2 Å². The zero-order valence-corrected chi connectivity index (χ0v) is 19.7. The number of carbonyl (C=O) groups is 1. The van der Waals surface area contributed by atoms with Gasteiger partial charge >= 0.3 is 0 Å². The van der Waals surface area contributed by atoms with Crippen molar-refractivity contribution < 1.29 is 4.79 Å². The highest BCUT2D eigenvalue weighted by atomic mass is 31.0. The molecule has 0 N–H and O–H groups in total. The van der Waals surface area contributed by atoms with Crippen LogP contribution in [-0.4, -0.2) is 5.78 Å². The molecule has 0 amide bonds. The molecular weight excluding hydrogens is 421 g/mol. The topological polar surface area (TPSA) is 20.3 Å². The van der Waals surface area contributed by atoms with E-state index in [1.54, 1.807) is 6.92 Å². The van der Waals surface area contributed by atoms with Gasteiger partial charge in [0, 0.05) is 24.3 Å². The van der Waals surface area contributed by atoms with E-state index in [2.05, 4.69) is 93.0 Å². The van der Waals surface area contributed by atoms with Crippen molar-refractivity contribution in [3.8, 4) is 11.1 Å². The lowest BCUT2D eigenvalue weighted by Crippen LogP contribution is -2.25. The first-order valence-corrected chi connectivity index (χ1v) is 11.8. The Morgan fingerprint density at radius 3 is 1.79 bits per heavy atom. The molecular formula is C30H24NOP. The van der Waals surface area contributed by atoms with Crippen LogP contribution in [0.3, 0.4) is 0 Å². The molecule has 1 heterocycles. The minimum absolute atomic E-state index is 0.0924. The van der Waals surface area contributed by atoms with Crippen molar-refractivity contribution in [2.75, 3.05) is 4.90 Å². The maximum Gasteiger partial charge on any atom is 0.159 e. The van der Waals surface area contributed by atoms with Crippen LogP contribution in [0.25, 0.3) is 32.7 Å². The number of nitrogens with zero attached hydrogens (tertiary/aromatic N) is 1. The lowest BCUT2D eigenvalue weighted by molar-refractivity contribution is 0.101. The normalized spacial score (nSPS) is 13.0. The first kappa shape index (κ1) is 20.1. The van der Waals surface area contributed by atoms with E-state index in [1.165, 1.54) is 43.8 Å². The number of rotatable bonds is 2. The molecule has 0 spiro atoms. The van der Waals surface area contributed by atoms with Gasteiger partial charge < -0.3 is 4.90 Å². The Bertz CT molecular complexity index is 1480. The zero-order chi connectivity index (χ0) is 22.5. The Balaban J connectivity index is 1.64. The average molecular weight is 446 g/mol. The Morgan fingerprint density at radius 1 is 0.727 bits per heavy atom. The molecule has 0 saturated heterocycles. The van der Waals surface area contributed by atoms with Gasteiger partial charge in [-0.1, -0.05) is 72.8 Å². The van der Waals surface area contributed by atoms with Gasteiger partial charge in [-0.2, -0.15) is 0 Å². The van der Waals surface area contributed by atoms with Crippen molar-refractivity contribution in [2.24, 2.45) is 0 Å². The van der Waals surface area contributed by atoms with Gasteiger partial charge in [0.1, 0.15) is 0 Å². The number of benzene rings is 5. The van der Waals surface area contributed by atoms with Gasteiger partial charge in [-0.15, -0.1) is 9.24 Å². The molecule has 33 heavy (non-hydrogen) atoms. The second-order valence-electron chi connectivity index (χ2n) is 8.83. The summed E-state index contributed by atoms with van der Waals surface area (Å²) in [6.45, 7) is 3.24. The van der Waals surface area contributed by atoms with Crippen LogP contribution in [0.5, 0.6) is 0 Å². The minimum atomic E-state index is 0.0924. The van der Waals surface area contributed by atoms with Gasteiger partial charge in [-0.3, -0.25) is 4.79 Å². The van der Waals surface area contributed by atoms with E-state index >= 15 is 0 Å². The molecule has 0 fully saturated rings. The molecule has 0 saturated carbocycles. The van der Waals surface area contributed by atoms with Gasteiger partial charge in [0.25, 0.3) is 0 Å². The number of Topliss-reactive ketones (excluding diaryl/α,β-unsaturated/α-hetero) is 1. The first-order valence-electron chi connectivity index (χ1n) is 11.3. The van der Waals surface area contributed by atoms with Crippen molar-refractivity contribution in [2.45, 2.75) is 20.0 Å². The van der Waals surface area contributed by atoms with Crippen LogP contribution in [-0.2, 0) is 13.1 Å². The van der Waals surface area contributed by atoms with E-state index in [9.17, 15) is 4.79 Å². The molecule has 1 aliphatic heterocycles. The lowest BCUT2D eigenvalue weighted by atomic mass is 9.88. The maximum atomic E-state index is 11.9. The summed E-state index contributed by atoms with van der Waals surface area (Å²) in [5, 5.41) is 6.18. The summed E-state index contributed by atoms with van der Waals surface area (Å²) in [5.74, 6) is 0.0924. The van der Waals surface area contributed by atoms with Crippen LogP contribution in [0.1, 0.15) is 28.4 Å². The molecule has 0 radical (unpaired) electrons. The number of carbonyl (C=O) groups excluding carboxylic acids is 1. The van der Waals surface area contributed by atoms with E-state index in [4.69, 9.17) is 0 Å². The van der Waals surface area contributed by atoms with Crippen molar-refractivity contribution in [1.82, 2.24) is 0 Å². The van der Waals surface area contributed by atoms with Crippen LogP contribution in [0.4, 0.5) is 5.69 Å². The summed E-state index contributed by atoms with van der Waals surface area (Å²) < 4.78 is 0. The average Bonchev–Trinajstić information content (AvgIpc) is 3.01. The second kappa shape index (κ2) is 7.83. The van der Waals surface area contributed by atoms with Gasteiger partial charge in [0.2, 0.25) is 0 Å². The number of anilines is 1. The molecule has 5 aromatic carbocycles. The number of ketones is 1. The van der Waals surface area contributed by atoms with Crippen LogP contribution in [0.15, 0.2) is 91.0 Å². The largest absolute Gasteiger partial charge is 0.362 e. The Kier molecular flexibility index (Phi) is 4.78. The second-order valence-corrected chi connectivity index (χ2v) is 9.45. The summed E-state index contributed by atoms with van der Waals surface area (Å²) in [4.78, 5) is 14.3. The van der Waals surface area contributed by atoms with Crippen LogP contribution in [0.2, 0.25) is 0 Å². The van der Waals surface area contributed by atoms with E-state index in [1.807, 2.05) is 12.1 Å². The SMILES string of the molecule is CC(=O)c1ccc(N2Cc3ccc4ccccc4c3-c3c(ccc4ccccc34)C2)c(P)c1. The van der Waals surface area contributed by atoms with Crippen molar-refractivity contribution >= 4 is 47.6 Å². The Labute approximate surface area is 196 Å². The predicted molar refractivity (Wildman–Crippen MR) is 143 cm³/mol. The highest BCUT2D eigenvalue weighted by Crippen LogP contribution is 2.42. The molecule has 1 atom stereocenters. The van der Waals surface area contributed by atoms with Gasteiger partial charge in [-0.25, -0.2) is 0 Å². The third-order valence-corrected chi connectivity index (χ3v) is 7.24. The molecule has 5 aromatic rings. The van der Waals surface area contributed by atoms with E-state index in [0.717, 1.165) is 29.6 Å². The fourth-order valence-electron chi connectivity index (χ4n) is 5.19. The minimum Gasteiger partial charge on any atom is -0.362 e. The van der Waals surface area contributed by atoms with E-state index in [0.29, 0.717) is 0 Å². The monoisotopic (exact) mass is 445 g/mol. The molecule has 1 unspecified atom stereocenters.